The van der Waals surface area contributed by atoms with E-state index >= 15 is 0 Å². The lowest BCUT2D eigenvalue weighted by Crippen LogP contribution is -2.36. The van der Waals surface area contributed by atoms with E-state index < -0.39 is 12.2 Å². The van der Waals surface area contributed by atoms with Crippen molar-refractivity contribution in [3.05, 3.63) is 34.6 Å². The molecule has 2 heterocycles. The predicted molar refractivity (Wildman–Crippen MR) is 129 cm³/mol. The molecule has 0 spiro atoms. The van der Waals surface area contributed by atoms with Gasteiger partial charge in [0.15, 0.2) is 0 Å². The van der Waals surface area contributed by atoms with Crippen LogP contribution in [0.3, 0.4) is 0 Å². The number of aryl methyl sites for hydroxylation is 2. The van der Waals surface area contributed by atoms with Crippen LogP contribution in [0, 0.1) is 0 Å². The fourth-order valence-electron chi connectivity index (χ4n) is 3.88. The molecule has 34 heavy (non-hydrogen) atoms. The van der Waals surface area contributed by atoms with Crippen molar-refractivity contribution in [3.8, 4) is 17.0 Å². The summed E-state index contributed by atoms with van der Waals surface area (Å²) >= 11 is 6.52. The Balaban J connectivity index is 1.95. The van der Waals surface area contributed by atoms with Crippen molar-refractivity contribution >= 4 is 29.5 Å². The topological polar surface area (TPSA) is 103 Å². The number of carbonyl (C=O) groups is 2. The molecular weight excluding hydrogens is 460 g/mol. The standard InChI is InChI=1S/C24H31ClN4O5/c1-6-17-22(15-10-9-14(32-4)11-16(15)25)26-18(7-2)23(27-17)28-19-12-29(24(31)33-5)13-20(19)34-21(30)8-3/h9-11,19-20H,6-8,12-13H2,1-5H3,(H,27,28). The zero-order chi connectivity index (χ0) is 24.8. The largest absolute Gasteiger partial charge is 0.497 e. The van der Waals surface area contributed by atoms with E-state index in [0.29, 0.717) is 41.7 Å². The number of methoxy groups -OCH3 is 2. The van der Waals surface area contributed by atoms with Gasteiger partial charge in [0.25, 0.3) is 0 Å². The highest BCUT2D eigenvalue weighted by atomic mass is 35.5. The van der Waals surface area contributed by atoms with E-state index in [-0.39, 0.29) is 25.0 Å². The van der Waals surface area contributed by atoms with Crippen LogP contribution in [0.1, 0.15) is 38.6 Å². The number of amides is 1. The third kappa shape index (κ3) is 5.52. The number of benzene rings is 1. The van der Waals surface area contributed by atoms with Crippen LogP contribution in [0.25, 0.3) is 11.3 Å². The van der Waals surface area contributed by atoms with Crippen LogP contribution in [0.4, 0.5) is 10.6 Å². The minimum Gasteiger partial charge on any atom is -0.497 e. The zero-order valence-electron chi connectivity index (χ0n) is 20.2. The van der Waals surface area contributed by atoms with Crippen molar-refractivity contribution in [2.45, 2.75) is 52.2 Å². The van der Waals surface area contributed by atoms with Gasteiger partial charge >= 0.3 is 12.1 Å². The zero-order valence-corrected chi connectivity index (χ0v) is 20.9. The summed E-state index contributed by atoms with van der Waals surface area (Å²) in [6.07, 6.45) is 0.503. The maximum Gasteiger partial charge on any atom is 0.409 e. The Kier molecular flexibility index (Phi) is 8.55. The first kappa shape index (κ1) is 25.6. The number of halogens is 1. The SMILES string of the molecule is CCC(=O)OC1CN(C(=O)OC)CC1Nc1nc(CC)c(-c2ccc(OC)cc2Cl)nc1CC. The molecule has 0 radical (unpaired) electrons. The lowest BCUT2D eigenvalue weighted by molar-refractivity contribution is -0.148. The van der Waals surface area contributed by atoms with Gasteiger partial charge in [-0.25, -0.2) is 14.8 Å². The first-order chi connectivity index (χ1) is 16.3. The molecule has 2 aromatic rings. The summed E-state index contributed by atoms with van der Waals surface area (Å²) in [6, 6.07) is 5.12. The van der Waals surface area contributed by atoms with Crippen molar-refractivity contribution in [1.29, 1.82) is 0 Å². The molecule has 1 aliphatic rings. The van der Waals surface area contributed by atoms with Crippen LogP contribution in [0.5, 0.6) is 5.75 Å². The highest BCUT2D eigenvalue weighted by molar-refractivity contribution is 6.33. The Bertz CT molecular complexity index is 1050. The number of likely N-dealkylation sites (tertiary alicyclic amines) is 1. The first-order valence-electron chi connectivity index (χ1n) is 11.4. The summed E-state index contributed by atoms with van der Waals surface area (Å²) in [4.78, 5) is 35.4. The maximum absolute atomic E-state index is 12.1. The molecule has 10 heteroatoms. The third-order valence-electron chi connectivity index (χ3n) is 5.73. The Morgan fingerprint density at radius 2 is 1.85 bits per heavy atom. The number of carbonyl (C=O) groups excluding carboxylic acids is 2. The molecule has 1 fully saturated rings. The van der Waals surface area contributed by atoms with Crippen molar-refractivity contribution in [1.82, 2.24) is 14.9 Å². The number of hydrogen-bond donors (Lipinski definition) is 1. The van der Waals surface area contributed by atoms with Crippen LogP contribution < -0.4 is 10.1 Å². The summed E-state index contributed by atoms with van der Waals surface area (Å²) in [5, 5.41) is 3.91. The molecule has 2 atom stereocenters. The van der Waals surface area contributed by atoms with E-state index in [9.17, 15) is 9.59 Å². The highest BCUT2D eigenvalue weighted by Crippen LogP contribution is 2.33. The summed E-state index contributed by atoms with van der Waals surface area (Å²) in [5.74, 6) is 0.934. The second kappa shape index (κ2) is 11.4. The minimum atomic E-state index is -0.529. The third-order valence-corrected chi connectivity index (χ3v) is 6.05. The fourth-order valence-corrected chi connectivity index (χ4v) is 4.14. The molecule has 1 saturated heterocycles. The van der Waals surface area contributed by atoms with E-state index in [4.69, 9.17) is 35.8 Å². The lowest BCUT2D eigenvalue weighted by Gasteiger charge is -2.22. The van der Waals surface area contributed by atoms with E-state index in [0.717, 1.165) is 17.0 Å². The number of hydrogen-bond acceptors (Lipinski definition) is 8. The van der Waals surface area contributed by atoms with Gasteiger partial charge in [0.1, 0.15) is 17.7 Å². The number of aromatic nitrogens is 2. The molecule has 184 valence electrons. The average Bonchev–Trinajstić information content (AvgIpc) is 3.24. The second-order valence-corrected chi connectivity index (χ2v) is 8.28. The predicted octanol–water partition coefficient (Wildman–Crippen LogP) is 4.11. The molecule has 2 unspecified atom stereocenters. The van der Waals surface area contributed by atoms with Crippen LogP contribution in [-0.2, 0) is 27.1 Å². The van der Waals surface area contributed by atoms with E-state index in [1.807, 2.05) is 26.0 Å². The summed E-state index contributed by atoms with van der Waals surface area (Å²) < 4.78 is 15.7. The number of ether oxygens (including phenoxy) is 3. The highest BCUT2D eigenvalue weighted by Gasteiger charge is 2.39. The number of rotatable bonds is 8. The smallest absolute Gasteiger partial charge is 0.409 e. The molecule has 1 N–H and O–H groups in total. The van der Waals surface area contributed by atoms with Crippen LogP contribution in [0.2, 0.25) is 5.02 Å². The molecule has 0 aliphatic carbocycles. The number of nitrogens with zero attached hydrogens (tertiary/aromatic N) is 3. The molecule has 0 saturated carbocycles. The number of nitrogens with one attached hydrogen (secondary N) is 1. The van der Waals surface area contributed by atoms with Gasteiger partial charge in [-0.15, -0.1) is 0 Å². The maximum atomic E-state index is 12.1. The lowest BCUT2D eigenvalue weighted by atomic mass is 10.1. The van der Waals surface area contributed by atoms with E-state index in [1.165, 1.54) is 12.0 Å². The van der Waals surface area contributed by atoms with Gasteiger partial charge in [-0.2, -0.15) is 0 Å². The molecule has 1 amide bonds. The van der Waals surface area contributed by atoms with Gasteiger partial charge in [-0.1, -0.05) is 32.4 Å². The molecular formula is C24H31ClN4O5. The van der Waals surface area contributed by atoms with Gasteiger partial charge in [0.05, 0.1) is 48.9 Å². The van der Waals surface area contributed by atoms with Gasteiger partial charge in [0, 0.05) is 18.5 Å². The average molecular weight is 491 g/mol. The molecule has 1 aromatic carbocycles. The van der Waals surface area contributed by atoms with Gasteiger partial charge in [-0.05, 0) is 31.0 Å². The first-order valence-corrected chi connectivity index (χ1v) is 11.7. The summed E-state index contributed by atoms with van der Waals surface area (Å²) in [6.45, 7) is 6.28. The van der Waals surface area contributed by atoms with Crippen LogP contribution in [-0.4, -0.2) is 66.4 Å². The normalized spacial score (nSPS) is 17.4. The number of esters is 1. The Morgan fingerprint density at radius 3 is 2.44 bits per heavy atom. The molecule has 9 nitrogen and oxygen atoms in total. The van der Waals surface area contributed by atoms with Crippen LogP contribution in [0.15, 0.2) is 18.2 Å². The van der Waals surface area contributed by atoms with Gasteiger partial charge in [-0.3, -0.25) is 4.79 Å². The molecule has 1 aliphatic heterocycles. The van der Waals surface area contributed by atoms with Crippen molar-refractivity contribution in [2.75, 3.05) is 32.6 Å². The van der Waals surface area contributed by atoms with Crippen LogP contribution >= 0.6 is 11.6 Å². The Labute approximate surface area is 204 Å². The molecule has 3 rings (SSSR count). The van der Waals surface area contributed by atoms with Gasteiger partial charge < -0.3 is 24.4 Å². The second-order valence-electron chi connectivity index (χ2n) is 7.87. The fraction of sp³-hybridized carbons (Fsp3) is 0.500. The molecule has 0 bridgehead atoms. The van der Waals surface area contributed by atoms with E-state index in [2.05, 4.69) is 5.32 Å². The van der Waals surface area contributed by atoms with Crippen molar-refractivity contribution in [3.63, 3.8) is 0 Å². The quantitative estimate of drug-likeness (QED) is 0.551. The van der Waals surface area contributed by atoms with Crippen molar-refractivity contribution in [2.24, 2.45) is 0 Å². The van der Waals surface area contributed by atoms with Gasteiger partial charge in [0.2, 0.25) is 0 Å². The number of anilines is 1. The summed E-state index contributed by atoms with van der Waals surface area (Å²) in [5.41, 5.74) is 3.02. The Hall–Kier alpha value is -3.07. The Morgan fingerprint density at radius 1 is 1.12 bits per heavy atom. The summed E-state index contributed by atoms with van der Waals surface area (Å²) in [7, 11) is 2.92. The van der Waals surface area contributed by atoms with Crippen molar-refractivity contribution < 1.29 is 23.8 Å². The monoisotopic (exact) mass is 490 g/mol. The molecule has 1 aromatic heterocycles. The van der Waals surface area contributed by atoms with E-state index in [1.54, 1.807) is 20.1 Å². The minimum absolute atomic E-state index is 0.241.